The van der Waals surface area contributed by atoms with Gasteiger partial charge in [-0.05, 0) is 27.8 Å². The normalized spacial score (nSPS) is 28.2. The number of hydrogen-bond acceptors (Lipinski definition) is 10. The molecule has 5 aromatic carbocycles. The second kappa shape index (κ2) is 20.1. The molecule has 0 N–H and O–H groups in total. The summed E-state index contributed by atoms with van der Waals surface area (Å²) in [4.78, 5) is 0. The Morgan fingerprint density at radius 1 is 0.517 bits per heavy atom. The van der Waals surface area contributed by atoms with Gasteiger partial charge in [0.1, 0.15) is 36.6 Å². The highest BCUT2D eigenvalue weighted by Gasteiger charge is 2.59. The summed E-state index contributed by atoms with van der Waals surface area (Å²) in [6, 6.07) is 50.3. The van der Waals surface area contributed by atoms with Crippen LogP contribution in [0.3, 0.4) is 0 Å². The first-order valence-electron chi connectivity index (χ1n) is 20.1. The number of ether oxygens (including phenoxy) is 10. The van der Waals surface area contributed by atoms with Crippen LogP contribution in [-0.2, 0) is 80.4 Å². The van der Waals surface area contributed by atoms with Crippen LogP contribution in [0.2, 0.25) is 0 Å². The molecule has 0 saturated carbocycles. The van der Waals surface area contributed by atoms with Gasteiger partial charge >= 0.3 is 0 Å². The van der Waals surface area contributed by atoms with Crippen molar-refractivity contribution in [1.82, 2.24) is 0 Å². The van der Waals surface area contributed by atoms with Gasteiger partial charge in [-0.2, -0.15) is 0 Å². The zero-order valence-electron chi connectivity index (χ0n) is 32.8. The van der Waals surface area contributed by atoms with Crippen molar-refractivity contribution in [3.8, 4) is 0 Å². The average Bonchev–Trinajstić information content (AvgIpc) is 3.28. The first kappa shape index (κ1) is 40.5. The Morgan fingerprint density at radius 3 is 1.47 bits per heavy atom. The Morgan fingerprint density at radius 2 is 0.966 bits per heavy atom. The van der Waals surface area contributed by atoms with E-state index in [2.05, 4.69) is 0 Å². The Bertz CT molecular complexity index is 1920. The van der Waals surface area contributed by atoms with Gasteiger partial charge in [0.25, 0.3) is 5.97 Å². The van der Waals surface area contributed by atoms with Gasteiger partial charge < -0.3 is 47.4 Å². The fraction of sp³-hybridized carbons (Fsp3) is 0.375. The summed E-state index contributed by atoms with van der Waals surface area (Å²) in [5.41, 5.74) is 5.14. The van der Waals surface area contributed by atoms with Gasteiger partial charge in [-0.15, -0.1) is 0 Å². The summed E-state index contributed by atoms with van der Waals surface area (Å²) >= 11 is 0. The van der Waals surface area contributed by atoms with Crippen LogP contribution in [0.15, 0.2) is 152 Å². The van der Waals surface area contributed by atoms with Gasteiger partial charge in [-0.3, -0.25) is 0 Å². The molecular formula is C48H52O10. The molecule has 8 rings (SSSR count). The van der Waals surface area contributed by atoms with E-state index >= 15 is 0 Å². The lowest BCUT2D eigenvalue weighted by Gasteiger charge is -2.54. The van der Waals surface area contributed by atoms with Gasteiger partial charge in [0.15, 0.2) is 6.29 Å². The van der Waals surface area contributed by atoms with Crippen molar-refractivity contribution < 1.29 is 47.4 Å². The maximum atomic E-state index is 7.06. The number of hydrogen-bond donors (Lipinski definition) is 0. The SMILES string of the molecule is COC1O[C@@H]2COC3(CC(OCc4ccccc4)C(OCc4ccccc4)C(COCc4ccccc4)O3)O[C@H]2[C@H](OCc2ccccc2)C1OCc1ccccc1. The van der Waals surface area contributed by atoms with Crippen molar-refractivity contribution in [3.63, 3.8) is 0 Å². The molecule has 0 radical (unpaired) electrons. The standard InChI is InChI=1S/C48H52O10/c1-49-47-46(54-32-39-25-15-6-16-26-39)45(53-31-38-23-13-5-14-24-38)44-41(56-47)34-55-48(58-44)27-40(51-29-36-19-9-3-10-20-36)43(52-30-37-21-11-4-12-22-37)42(57-48)33-50-28-35-17-7-2-8-18-35/h2-26,40-47H,27-34H2,1H3/t40?,41-,42?,43?,44-,45+,46?,47?,48?/m1/s1. The molecule has 304 valence electrons. The molecule has 9 atom stereocenters. The van der Waals surface area contributed by atoms with Crippen LogP contribution >= 0.6 is 0 Å². The van der Waals surface area contributed by atoms with Crippen molar-refractivity contribution in [2.24, 2.45) is 0 Å². The third kappa shape index (κ3) is 10.5. The molecule has 6 unspecified atom stereocenters. The average molecular weight is 789 g/mol. The van der Waals surface area contributed by atoms with Gasteiger partial charge in [-0.25, -0.2) is 0 Å². The molecule has 0 amide bonds. The summed E-state index contributed by atoms with van der Waals surface area (Å²) in [6.07, 6.45) is -4.67. The van der Waals surface area contributed by atoms with Crippen LogP contribution in [0.25, 0.3) is 0 Å². The smallest absolute Gasteiger partial charge is 0.286 e. The maximum absolute atomic E-state index is 7.06. The highest BCUT2D eigenvalue weighted by molar-refractivity contribution is 5.17. The number of fused-ring (bicyclic) bond motifs is 1. The molecule has 3 saturated heterocycles. The molecule has 10 nitrogen and oxygen atoms in total. The van der Waals surface area contributed by atoms with Crippen LogP contribution in [0.1, 0.15) is 34.2 Å². The van der Waals surface area contributed by atoms with Gasteiger partial charge in [-0.1, -0.05) is 152 Å². The summed E-state index contributed by atoms with van der Waals surface area (Å²) in [6.45, 7) is 2.10. The van der Waals surface area contributed by atoms with E-state index in [1.807, 2.05) is 152 Å². The van der Waals surface area contributed by atoms with E-state index < -0.39 is 55.0 Å². The van der Waals surface area contributed by atoms with Crippen LogP contribution in [0.4, 0.5) is 0 Å². The van der Waals surface area contributed by atoms with Crippen molar-refractivity contribution >= 4 is 0 Å². The van der Waals surface area contributed by atoms with E-state index in [1.54, 1.807) is 7.11 Å². The third-order valence-corrected chi connectivity index (χ3v) is 10.7. The fourth-order valence-corrected chi connectivity index (χ4v) is 7.72. The second-order valence-corrected chi connectivity index (χ2v) is 14.8. The summed E-state index contributed by atoms with van der Waals surface area (Å²) in [5, 5.41) is 0. The summed E-state index contributed by atoms with van der Waals surface area (Å²) in [5.74, 6) is -1.54. The number of benzene rings is 5. The number of methoxy groups -OCH3 is 1. The predicted octanol–water partition coefficient (Wildman–Crippen LogP) is 7.77. The molecule has 0 bridgehead atoms. The first-order valence-corrected chi connectivity index (χ1v) is 20.1. The van der Waals surface area contributed by atoms with E-state index in [0.717, 1.165) is 27.8 Å². The van der Waals surface area contributed by atoms with Crippen molar-refractivity contribution in [3.05, 3.63) is 179 Å². The van der Waals surface area contributed by atoms with Gasteiger partial charge in [0.2, 0.25) is 0 Å². The van der Waals surface area contributed by atoms with Gasteiger partial charge in [0.05, 0.1) is 58.8 Å². The first-order chi connectivity index (χ1) is 28.6. The molecule has 0 aliphatic carbocycles. The van der Waals surface area contributed by atoms with E-state index in [1.165, 1.54) is 0 Å². The van der Waals surface area contributed by atoms with E-state index in [0.29, 0.717) is 33.0 Å². The molecule has 3 aliphatic heterocycles. The Balaban J connectivity index is 1.09. The largest absolute Gasteiger partial charge is 0.374 e. The monoisotopic (exact) mass is 788 g/mol. The van der Waals surface area contributed by atoms with E-state index in [-0.39, 0.29) is 19.6 Å². The zero-order chi connectivity index (χ0) is 39.4. The van der Waals surface area contributed by atoms with Crippen LogP contribution in [-0.4, -0.2) is 75.3 Å². The van der Waals surface area contributed by atoms with Crippen molar-refractivity contribution in [1.29, 1.82) is 0 Å². The maximum Gasteiger partial charge on any atom is 0.286 e. The van der Waals surface area contributed by atoms with Crippen LogP contribution < -0.4 is 0 Å². The molecule has 3 fully saturated rings. The Hall–Kier alpha value is -4.30. The minimum absolute atomic E-state index is 0.152. The van der Waals surface area contributed by atoms with Crippen LogP contribution in [0, 0.1) is 0 Å². The lowest BCUT2D eigenvalue weighted by molar-refractivity contribution is -0.492. The molecular weight excluding hydrogens is 737 g/mol. The minimum atomic E-state index is -1.54. The molecule has 58 heavy (non-hydrogen) atoms. The summed E-state index contributed by atoms with van der Waals surface area (Å²) < 4.78 is 66.3. The van der Waals surface area contributed by atoms with Gasteiger partial charge in [0, 0.05) is 7.11 Å². The highest BCUT2D eigenvalue weighted by atomic mass is 16.9. The third-order valence-electron chi connectivity index (χ3n) is 10.7. The lowest BCUT2D eigenvalue weighted by atomic mass is 9.95. The van der Waals surface area contributed by atoms with E-state index in [9.17, 15) is 0 Å². The topological polar surface area (TPSA) is 92.3 Å². The Labute approximate surface area is 340 Å². The molecule has 10 heteroatoms. The van der Waals surface area contributed by atoms with Crippen LogP contribution in [0.5, 0.6) is 0 Å². The van der Waals surface area contributed by atoms with Crippen molar-refractivity contribution in [2.75, 3.05) is 20.3 Å². The second-order valence-electron chi connectivity index (χ2n) is 14.8. The lowest BCUT2D eigenvalue weighted by Crippen LogP contribution is -2.70. The number of rotatable bonds is 17. The molecule has 3 heterocycles. The molecule has 3 aliphatic rings. The summed E-state index contributed by atoms with van der Waals surface area (Å²) in [7, 11) is 1.61. The van der Waals surface area contributed by atoms with Crippen molar-refractivity contribution in [2.45, 2.75) is 94.4 Å². The minimum Gasteiger partial charge on any atom is -0.374 e. The highest BCUT2D eigenvalue weighted by Crippen LogP contribution is 2.43. The fourth-order valence-electron chi connectivity index (χ4n) is 7.72. The molecule has 0 aromatic heterocycles. The Kier molecular flexibility index (Phi) is 14.0. The van der Waals surface area contributed by atoms with E-state index in [4.69, 9.17) is 47.4 Å². The zero-order valence-corrected chi connectivity index (χ0v) is 32.8. The molecule has 5 aromatic rings. The quantitative estimate of drug-likeness (QED) is 0.0931. The molecule has 1 spiro atoms. The predicted molar refractivity (Wildman–Crippen MR) is 215 cm³/mol.